The summed E-state index contributed by atoms with van der Waals surface area (Å²) in [6.07, 6.45) is 8.31. The van der Waals surface area contributed by atoms with Gasteiger partial charge in [-0.15, -0.1) is 0 Å². The van der Waals surface area contributed by atoms with E-state index < -0.39 is 0 Å². The number of rotatable bonds is 6. The summed E-state index contributed by atoms with van der Waals surface area (Å²) in [6.45, 7) is 12.8. The highest BCUT2D eigenvalue weighted by Crippen LogP contribution is 2.19. The van der Waals surface area contributed by atoms with Crippen molar-refractivity contribution >= 4 is 0 Å². The van der Waals surface area contributed by atoms with Crippen molar-refractivity contribution in [2.45, 2.75) is 47.0 Å². The average molecular weight is 180 g/mol. The molecule has 0 aromatic heterocycles. The van der Waals surface area contributed by atoms with Gasteiger partial charge in [-0.3, -0.25) is 0 Å². The fourth-order valence-corrected chi connectivity index (χ4v) is 1.37. The van der Waals surface area contributed by atoms with E-state index in [1.54, 1.807) is 0 Å². The Morgan fingerprint density at radius 2 is 1.92 bits per heavy atom. The van der Waals surface area contributed by atoms with Crippen molar-refractivity contribution < 1.29 is 0 Å². The van der Waals surface area contributed by atoms with Crippen molar-refractivity contribution in [3.63, 3.8) is 0 Å². The first-order valence-corrected chi connectivity index (χ1v) is 5.43. The van der Waals surface area contributed by atoms with Crippen molar-refractivity contribution in [1.82, 2.24) is 0 Å². The Balaban J connectivity index is 3.95. The number of hydrogen-bond donors (Lipinski definition) is 0. The van der Waals surface area contributed by atoms with Crippen molar-refractivity contribution in [3.8, 4) is 0 Å². The predicted molar refractivity (Wildman–Crippen MR) is 61.8 cm³/mol. The minimum absolute atomic E-state index is 0.742. The Hall–Kier alpha value is -0.520. The van der Waals surface area contributed by atoms with Crippen LogP contribution in [0.4, 0.5) is 0 Å². The van der Waals surface area contributed by atoms with E-state index in [0.29, 0.717) is 0 Å². The van der Waals surface area contributed by atoms with Gasteiger partial charge in [0.25, 0.3) is 0 Å². The highest BCUT2D eigenvalue weighted by Gasteiger charge is 2.06. The second-order valence-corrected chi connectivity index (χ2v) is 4.12. The van der Waals surface area contributed by atoms with Crippen molar-refractivity contribution in [1.29, 1.82) is 0 Å². The lowest BCUT2D eigenvalue weighted by atomic mass is 9.91. The van der Waals surface area contributed by atoms with Gasteiger partial charge in [-0.1, -0.05) is 51.5 Å². The van der Waals surface area contributed by atoms with Gasteiger partial charge in [-0.2, -0.15) is 0 Å². The zero-order valence-corrected chi connectivity index (χ0v) is 9.64. The summed E-state index contributed by atoms with van der Waals surface area (Å²) in [5, 5.41) is 0. The van der Waals surface area contributed by atoms with Crippen LogP contribution in [0.25, 0.3) is 0 Å². The fourth-order valence-electron chi connectivity index (χ4n) is 1.37. The minimum atomic E-state index is 0.742. The van der Waals surface area contributed by atoms with Crippen molar-refractivity contribution in [2.75, 3.05) is 0 Å². The summed E-state index contributed by atoms with van der Waals surface area (Å²) in [4.78, 5) is 0. The van der Waals surface area contributed by atoms with E-state index in [0.717, 1.165) is 17.4 Å². The van der Waals surface area contributed by atoms with Gasteiger partial charge < -0.3 is 0 Å². The molecular weight excluding hydrogens is 156 g/mol. The Labute approximate surface area is 83.7 Å². The normalized spacial score (nSPS) is 16.0. The lowest BCUT2D eigenvalue weighted by Crippen LogP contribution is -2.02. The molecule has 0 rings (SSSR count). The molecule has 0 heteroatoms. The second kappa shape index (κ2) is 6.94. The lowest BCUT2D eigenvalue weighted by molar-refractivity contribution is 0.427. The molecule has 0 heterocycles. The molecule has 0 amide bonds. The van der Waals surface area contributed by atoms with E-state index >= 15 is 0 Å². The summed E-state index contributed by atoms with van der Waals surface area (Å²) in [5.41, 5.74) is 1.16. The molecule has 0 bridgehead atoms. The number of hydrogen-bond acceptors (Lipinski definition) is 0. The van der Waals surface area contributed by atoms with E-state index in [4.69, 9.17) is 0 Å². The molecule has 0 spiro atoms. The number of allylic oxidation sites excluding steroid dienone is 3. The average Bonchev–Trinajstić information content (AvgIpc) is 2.11. The van der Waals surface area contributed by atoms with Crippen LogP contribution in [0.15, 0.2) is 24.3 Å². The third-order valence-electron chi connectivity index (χ3n) is 2.58. The molecular formula is C13H24. The molecule has 76 valence electrons. The van der Waals surface area contributed by atoms with Crippen LogP contribution in [-0.4, -0.2) is 0 Å². The maximum Gasteiger partial charge on any atom is -0.0230 e. The SMILES string of the molecule is C=C(C)C=CC(CC)CC(C)CC. The molecule has 0 aromatic carbocycles. The predicted octanol–water partition coefficient (Wildman–Crippen LogP) is 4.58. The summed E-state index contributed by atoms with van der Waals surface area (Å²) in [6, 6.07) is 0. The molecule has 0 aromatic rings. The largest absolute Gasteiger partial charge is 0.0961 e. The molecule has 0 saturated heterocycles. The summed E-state index contributed by atoms with van der Waals surface area (Å²) in [7, 11) is 0. The molecule has 0 aliphatic heterocycles. The first kappa shape index (κ1) is 12.5. The standard InChI is InChI=1S/C13H24/c1-6-12(5)10-13(7-2)9-8-11(3)4/h8-9,12-13H,3,6-7,10H2,1-2,4-5H3. The minimum Gasteiger partial charge on any atom is -0.0961 e. The van der Waals surface area contributed by atoms with Gasteiger partial charge in [0.05, 0.1) is 0 Å². The third kappa shape index (κ3) is 6.62. The lowest BCUT2D eigenvalue weighted by Gasteiger charge is -2.14. The smallest absolute Gasteiger partial charge is 0.0230 e. The maximum absolute atomic E-state index is 3.87. The van der Waals surface area contributed by atoms with Crippen LogP contribution >= 0.6 is 0 Å². The van der Waals surface area contributed by atoms with E-state index in [9.17, 15) is 0 Å². The highest BCUT2D eigenvalue weighted by atomic mass is 14.1. The molecule has 2 unspecified atom stereocenters. The summed E-state index contributed by atoms with van der Waals surface area (Å²) in [5.74, 6) is 1.59. The third-order valence-corrected chi connectivity index (χ3v) is 2.58. The molecule has 13 heavy (non-hydrogen) atoms. The quantitative estimate of drug-likeness (QED) is 0.525. The fraction of sp³-hybridized carbons (Fsp3) is 0.692. The Morgan fingerprint density at radius 3 is 2.31 bits per heavy atom. The van der Waals surface area contributed by atoms with Crippen LogP contribution in [-0.2, 0) is 0 Å². The van der Waals surface area contributed by atoms with Gasteiger partial charge in [0.15, 0.2) is 0 Å². The molecule has 0 N–H and O–H groups in total. The molecule has 2 atom stereocenters. The molecule has 0 radical (unpaired) electrons. The first-order valence-electron chi connectivity index (χ1n) is 5.43. The van der Waals surface area contributed by atoms with E-state index in [2.05, 4.69) is 39.5 Å². The van der Waals surface area contributed by atoms with Crippen LogP contribution in [0.3, 0.4) is 0 Å². The van der Waals surface area contributed by atoms with Crippen LogP contribution < -0.4 is 0 Å². The molecule has 0 saturated carbocycles. The van der Waals surface area contributed by atoms with Gasteiger partial charge in [0.1, 0.15) is 0 Å². The summed E-state index contributed by atoms with van der Waals surface area (Å²) >= 11 is 0. The van der Waals surface area contributed by atoms with E-state index in [-0.39, 0.29) is 0 Å². The van der Waals surface area contributed by atoms with Gasteiger partial charge in [0.2, 0.25) is 0 Å². The first-order chi connectivity index (χ1) is 6.10. The van der Waals surface area contributed by atoms with Crippen LogP contribution in [0.1, 0.15) is 47.0 Å². The highest BCUT2D eigenvalue weighted by molar-refractivity contribution is 5.11. The van der Waals surface area contributed by atoms with Crippen molar-refractivity contribution in [3.05, 3.63) is 24.3 Å². The van der Waals surface area contributed by atoms with Crippen LogP contribution in [0.2, 0.25) is 0 Å². The zero-order chi connectivity index (χ0) is 10.3. The van der Waals surface area contributed by atoms with Gasteiger partial charge in [0, 0.05) is 0 Å². The second-order valence-electron chi connectivity index (χ2n) is 4.12. The van der Waals surface area contributed by atoms with Crippen LogP contribution in [0.5, 0.6) is 0 Å². The zero-order valence-electron chi connectivity index (χ0n) is 9.64. The molecule has 0 nitrogen and oxygen atoms in total. The van der Waals surface area contributed by atoms with Gasteiger partial charge in [-0.25, -0.2) is 0 Å². The van der Waals surface area contributed by atoms with Crippen LogP contribution in [0, 0.1) is 11.8 Å². The van der Waals surface area contributed by atoms with Crippen molar-refractivity contribution in [2.24, 2.45) is 11.8 Å². The van der Waals surface area contributed by atoms with Gasteiger partial charge in [-0.05, 0) is 31.6 Å². The van der Waals surface area contributed by atoms with Gasteiger partial charge >= 0.3 is 0 Å². The maximum atomic E-state index is 3.87. The molecule has 0 fully saturated rings. The topological polar surface area (TPSA) is 0 Å². The summed E-state index contributed by atoms with van der Waals surface area (Å²) < 4.78 is 0. The molecule has 0 aliphatic rings. The Bertz CT molecular complexity index is 165. The van der Waals surface area contributed by atoms with E-state index in [1.807, 2.05) is 6.92 Å². The Kier molecular flexibility index (Phi) is 6.66. The Morgan fingerprint density at radius 1 is 1.31 bits per heavy atom. The molecule has 0 aliphatic carbocycles. The monoisotopic (exact) mass is 180 g/mol. The van der Waals surface area contributed by atoms with E-state index in [1.165, 1.54) is 19.3 Å².